The Labute approximate surface area is 211 Å². The lowest BCUT2D eigenvalue weighted by molar-refractivity contribution is -0.385. The molecule has 5 rings (SSSR count). The molecular weight excluding hydrogens is 482 g/mol. The number of methoxy groups -OCH3 is 1. The first-order valence-corrected chi connectivity index (χ1v) is 11.6. The topological polar surface area (TPSA) is 138 Å². The molecule has 2 unspecified atom stereocenters. The summed E-state index contributed by atoms with van der Waals surface area (Å²) >= 11 is 0. The smallest absolute Gasteiger partial charge is 0.338 e. The number of furan rings is 2. The second-order valence-electron chi connectivity index (χ2n) is 8.59. The third-order valence-electron chi connectivity index (χ3n) is 6.39. The summed E-state index contributed by atoms with van der Waals surface area (Å²) in [5.74, 6) is -0.236. The van der Waals surface area contributed by atoms with Gasteiger partial charge in [0.15, 0.2) is 12.4 Å². The minimum atomic E-state index is -0.878. The number of esters is 1. The molecular formula is C26H23N3O8. The van der Waals surface area contributed by atoms with Gasteiger partial charge in [0.25, 0.3) is 5.91 Å². The van der Waals surface area contributed by atoms with Gasteiger partial charge in [0.2, 0.25) is 0 Å². The number of hydrogen-bond donors (Lipinski definition) is 0. The van der Waals surface area contributed by atoms with Crippen LogP contribution in [0.1, 0.15) is 47.2 Å². The van der Waals surface area contributed by atoms with Crippen LogP contribution in [0.5, 0.6) is 5.75 Å². The average molecular weight is 505 g/mol. The van der Waals surface area contributed by atoms with Crippen LogP contribution in [0, 0.1) is 16.0 Å². The molecule has 1 aliphatic carbocycles. The van der Waals surface area contributed by atoms with Crippen LogP contribution >= 0.6 is 0 Å². The van der Waals surface area contributed by atoms with Crippen LogP contribution in [0.3, 0.4) is 0 Å². The van der Waals surface area contributed by atoms with Crippen LogP contribution in [-0.2, 0) is 9.53 Å². The summed E-state index contributed by atoms with van der Waals surface area (Å²) in [5.41, 5.74) is 1.29. The molecule has 3 heterocycles. The number of rotatable bonds is 7. The average Bonchev–Trinajstić information content (AvgIpc) is 3.68. The quantitative estimate of drug-likeness (QED) is 0.254. The molecule has 0 spiro atoms. The fraction of sp³-hybridized carbons (Fsp3) is 0.269. The molecule has 1 aromatic carbocycles. The third-order valence-corrected chi connectivity index (χ3v) is 6.39. The highest BCUT2D eigenvalue weighted by Crippen LogP contribution is 2.44. The van der Waals surface area contributed by atoms with Gasteiger partial charge in [0.05, 0.1) is 35.8 Å². The number of ether oxygens (including phenoxy) is 2. The Morgan fingerprint density at radius 1 is 1.22 bits per heavy atom. The standard InChI is InChI=1S/C26H23N3O8/c1-34-21-10-9-17(14-20(21)29(32)33)26(31)37-15-23(30)28-25(22-8-4-12-36-22)19-7-2-5-16(24(19)27-28)13-18-6-3-11-35-18/h3-4,6,8-14,19,25H,2,5,7,15H2,1H3/b16-13-. The predicted molar refractivity (Wildman–Crippen MR) is 130 cm³/mol. The minimum absolute atomic E-state index is 0.00724. The van der Waals surface area contributed by atoms with E-state index in [9.17, 15) is 19.7 Å². The normalized spacial score (nSPS) is 19.9. The Bertz CT molecular complexity index is 1370. The molecule has 1 fully saturated rings. The van der Waals surface area contributed by atoms with Crippen molar-refractivity contribution in [3.63, 3.8) is 0 Å². The first kappa shape index (κ1) is 24.0. The molecule has 0 N–H and O–H groups in total. The van der Waals surface area contributed by atoms with Crippen LogP contribution in [0.2, 0.25) is 0 Å². The molecule has 3 aromatic rings. The number of benzene rings is 1. The summed E-state index contributed by atoms with van der Waals surface area (Å²) in [7, 11) is 1.29. The zero-order chi connectivity index (χ0) is 25.9. The van der Waals surface area contributed by atoms with Crippen LogP contribution in [0.15, 0.2) is 74.5 Å². The van der Waals surface area contributed by atoms with Crippen molar-refractivity contribution in [2.45, 2.75) is 25.3 Å². The molecule has 1 aliphatic heterocycles. The number of nitrogens with zero attached hydrogens (tertiary/aromatic N) is 3. The number of nitro groups is 1. The number of nitro benzene ring substituents is 1. The summed E-state index contributed by atoms with van der Waals surface area (Å²) in [6.45, 7) is -0.601. The molecule has 2 aliphatic rings. The van der Waals surface area contributed by atoms with Gasteiger partial charge in [-0.1, -0.05) is 0 Å². The highest BCUT2D eigenvalue weighted by molar-refractivity contribution is 6.08. The zero-order valence-electron chi connectivity index (χ0n) is 19.9. The Morgan fingerprint density at radius 3 is 2.73 bits per heavy atom. The maximum atomic E-state index is 13.3. The number of hydrogen-bond acceptors (Lipinski definition) is 9. The molecule has 0 bridgehead atoms. The van der Waals surface area contributed by atoms with E-state index in [0.717, 1.165) is 36.6 Å². The molecule has 2 aromatic heterocycles. The van der Waals surface area contributed by atoms with Gasteiger partial charge in [-0.05, 0) is 67.3 Å². The van der Waals surface area contributed by atoms with E-state index >= 15 is 0 Å². The number of amides is 1. The lowest BCUT2D eigenvalue weighted by Gasteiger charge is -2.27. The summed E-state index contributed by atoms with van der Waals surface area (Å²) in [6, 6.07) is 10.4. The number of carbonyl (C=O) groups is 2. The Hall–Kier alpha value is -4.67. The van der Waals surface area contributed by atoms with Crippen molar-refractivity contribution in [3.05, 3.63) is 87.8 Å². The van der Waals surface area contributed by atoms with Gasteiger partial charge in [-0.3, -0.25) is 14.9 Å². The van der Waals surface area contributed by atoms with Crippen molar-refractivity contribution in [2.24, 2.45) is 11.0 Å². The number of allylic oxidation sites excluding steroid dienone is 1. The highest BCUT2D eigenvalue weighted by atomic mass is 16.6. The molecule has 190 valence electrons. The molecule has 37 heavy (non-hydrogen) atoms. The van der Waals surface area contributed by atoms with Gasteiger partial charge in [-0.15, -0.1) is 0 Å². The summed E-state index contributed by atoms with van der Waals surface area (Å²) in [4.78, 5) is 36.5. The fourth-order valence-corrected chi connectivity index (χ4v) is 4.73. The van der Waals surface area contributed by atoms with Crippen molar-refractivity contribution in [1.82, 2.24) is 5.01 Å². The maximum Gasteiger partial charge on any atom is 0.338 e. The van der Waals surface area contributed by atoms with Crippen molar-refractivity contribution < 1.29 is 32.8 Å². The number of hydrazone groups is 1. The van der Waals surface area contributed by atoms with Crippen molar-refractivity contribution >= 4 is 29.4 Å². The fourth-order valence-electron chi connectivity index (χ4n) is 4.73. The highest BCUT2D eigenvalue weighted by Gasteiger charge is 2.45. The van der Waals surface area contributed by atoms with E-state index < -0.39 is 29.4 Å². The largest absolute Gasteiger partial charge is 0.490 e. The van der Waals surface area contributed by atoms with E-state index in [0.29, 0.717) is 11.5 Å². The molecule has 11 heteroatoms. The van der Waals surface area contributed by atoms with Crippen LogP contribution in [0.4, 0.5) is 5.69 Å². The zero-order valence-corrected chi connectivity index (χ0v) is 19.9. The van der Waals surface area contributed by atoms with E-state index in [2.05, 4.69) is 5.10 Å². The van der Waals surface area contributed by atoms with Crippen LogP contribution < -0.4 is 4.74 Å². The lowest BCUT2D eigenvalue weighted by atomic mass is 9.79. The molecule has 2 atom stereocenters. The summed E-state index contributed by atoms with van der Waals surface area (Å²) in [6.07, 6.45) is 7.55. The molecule has 11 nitrogen and oxygen atoms in total. The molecule has 0 radical (unpaired) electrons. The SMILES string of the molecule is COc1ccc(C(=O)OCC(=O)N2N=C3/C(=C\c4ccco4)CCCC3C2c2ccco2)cc1[N+](=O)[O-]. The first-order valence-electron chi connectivity index (χ1n) is 11.6. The van der Waals surface area contributed by atoms with Crippen molar-refractivity contribution in [1.29, 1.82) is 0 Å². The summed E-state index contributed by atoms with van der Waals surface area (Å²) in [5, 5.41) is 17.2. The predicted octanol–water partition coefficient (Wildman–Crippen LogP) is 4.77. The second kappa shape index (κ2) is 10.1. The Balaban J connectivity index is 1.37. The number of fused-ring (bicyclic) bond motifs is 1. The van der Waals surface area contributed by atoms with Crippen molar-refractivity contribution in [2.75, 3.05) is 13.7 Å². The molecule has 0 saturated heterocycles. The Morgan fingerprint density at radius 2 is 2.03 bits per heavy atom. The molecule has 1 saturated carbocycles. The van der Waals surface area contributed by atoms with Crippen molar-refractivity contribution in [3.8, 4) is 5.75 Å². The van der Waals surface area contributed by atoms with E-state index in [4.69, 9.17) is 18.3 Å². The second-order valence-corrected chi connectivity index (χ2v) is 8.59. The van der Waals surface area contributed by atoms with E-state index in [-0.39, 0.29) is 22.9 Å². The first-order chi connectivity index (χ1) is 18.0. The monoisotopic (exact) mass is 505 g/mol. The third kappa shape index (κ3) is 4.75. The minimum Gasteiger partial charge on any atom is -0.490 e. The van der Waals surface area contributed by atoms with Gasteiger partial charge in [-0.2, -0.15) is 5.10 Å². The van der Waals surface area contributed by atoms with E-state index in [1.54, 1.807) is 24.5 Å². The van der Waals surface area contributed by atoms with Gasteiger partial charge >= 0.3 is 11.7 Å². The van der Waals surface area contributed by atoms with E-state index in [1.165, 1.54) is 30.5 Å². The van der Waals surface area contributed by atoms with Crippen LogP contribution in [0.25, 0.3) is 6.08 Å². The maximum absolute atomic E-state index is 13.3. The number of carbonyl (C=O) groups excluding carboxylic acids is 2. The van der Waals surface area contributed by atoms with Gasteiger partial charge in [-0.25, -0.2) is 9.80 Å². The van der Waals surface area contributed by atoms with Gasteiger partial charge in [0.1, 0.15) is 17.6 Å². The lowest BCUT2D eigenvalue weighted by Crippen LogP contribution is -2.34. The summed E-state index contributed by atoms with van der Waals surface area (Å²) < 4.78 is 21.3. The van der Waals surface area contributed by atoms with Gasteiger partial charge < -0.3 is 18.3 Å². The van der Waals surface area contributed by atoms with Gasteiger partial charge in [0, 0.05) is 12.0 Å². The van der Waals surface area contributed by atoms with Crippen LogP contribution in [-0.4, -0.2) is 41.2 Å². The Kier molecular flexibility index (Phi) is 6.59. The molecule has 1 amide bonds. The van der Waals surface area contributed by atoms with E-state index in [1.807, 2.05) is 12.1 Å².